The molecule has 66 valence electrons. The molecule has 1 heterocycles. The van der Waals surface area contributed by atoms with Crippen molar-refractivity contribution >= 4 is 0 Å². The molecular formula is C10H17N2+. The molecule has 0 spiro atoms. The second-order valence-corrected chi connectivity index (χ2v) is 2.82. The van der Waals surface area contributed by atoms with Crippen molar-refractivity contribution in [3.05, 3.63) is 30.9 Å². The van der Waals surface area contributed by atoms with E-state index in [1.807, 2.05) is 0 Å². The fraction of sp³-hybridized carbons (Fsp3) is 0.500. The van der Waals surface area contributed by atoms with Gasteiger partial charge in [-0.3, -0.25) is 0 Å². The molecular weight excluding hydrogens is 148 g/mol. The zero-order valence-corrected chi connectivity index (χ0v) is 7.90. The van der Waals surface area contributed by atoms with Crippen molar-refractivity contribution in [3.63, 3.8) is 0 Å². The summed E-state index contributed by atoms with van der Waals surface area (Å²) in [5.74, 6) is 0. The van der Waals surface area contributed by atoms with Crippen LogP contribution in [0.3, 0.4) is 0 Å². The van der Waals surface area contributed by atoms with Crippen molar-refractivity contribution in [2.45, 2.75) is 33.4 Å². The van der Waals surface area contributed by atoms with Crippen molar-refractivity contribution in [1.82, 2.24) is 4.57 Å². The van der Waals surface area contributed by atoms with E-state index in [2.05, 4.69) is 53.9 Å². The fourth-order valence-corrected chi connectivity index (χ4v) is 1.10. The molecule has 1 aromatic rings. The Morgan fingerprint density at radius 3 is 2.75 bits per heavy atom. The van der Waals surface area contributed by atoms with Crippen LogP contribution in [-0.2, 0) is 13.1 Å². The van der Waals surface area contributed by atoms with Gasteiger partial charge in [0.05, 0.1) is 6.54 Å². The second kappa shape index (κ2) is 4.75. The van der Waals surface area contributed by atoms with Gasteiger partial charge in [0.1, 0.15) is 18.9 Å². The smallest absolute Gasteiger partial charge is 0.237 e. The van der Waals surface area contributed by atoms with Crippen LogP contribution in [-0.4, -0.2) is 4.57 Å². The molecule has 12 heavy (non-hydrogen) atoms. The molecule has 0 atom stereocenters. The maximum absolute atomic E-state index is 2.19. The molecule has 0 N–H and O–H groups in total. The normalized spacial score (nSPS) is 11.2. The Morgan fingerprint density at radius 2 is 2.17 bits per heavy atom. The molecule has 0 bridgehead atoms. The van der Waals surface area contributed by atoms with E-state index in [9.17, 15) is 0 Å². The summed E-state index contributed by atoms with van der Waals surface area (Å²) < 4.78 is 4.34. The van der Waals surface area contributed by atoms with Gasteiger partial charge >= 0.3 is 0 Å². The van der Waals surface area contributed by atoms with Gasteiger partial charge in [0.25, 0.3) is 0 Å². The molecule has 2 nitrogen and oxygen atoms in total. The Balaban J connectivity index is 2.47. The van der Waals surface area contributed by atoms with E-state index in [1.54, 1.807) is 0 Å². The summed E-state index contributed by atoms with van der Waals surface area (Å²) in [7, 11) is 0. The van der Waals surface area contributed by atoms with Gasteiger partial charge in [-0.15, -0.1) is 0 Å². The van der Waals surface area contributed by atoms with E-state index in [-0.39, 0.29) is 0 Å². The molecule has 0 radical (unpaired) electrons. The number of hydrogen-bond donors (Lipinski definition) is 0. The first-order valence-electron chi connectivity index (χ1n) is 4.56. The van der Waals surface area contributed by atoms with Gasteiger partial charge in [0.15, 0.2) is 0 Å². The molecule has 0 amide bonds. The van der Waals surface area contributed by atoms with Crippen LogP contribution in [0.5, 0.6) is 0 Å². The minimum absolute atomic E-state index is 0.987. The third-order valence-corrected chi connectivity index (χ3v) is 1.83. The Labute approximate surface area is 74.1 Å². The lowest BCUT2D eigenvalue weighted by atomic mass is 10.4. The lowest BCUT2D eigenvalue weighted by molar-refractivity contribution is -0.686. The fourth-order valence-electron chi connectivity index (χ4n) is 1.10. The zero-order valence-electron chi connectivity index (χ0n) is 7.90. The molecule has 0 aliphatic carbocycles. The van der Waals surface area contributed by atoms with Crippen LogP contribution in [0.25, 0.3) is 0 Å². The van der Waals surface area contributed by atoms with Gasteiger partial charge in [-0.2, -0.15) is 0 Å². The Bertz CT molecular complexity index is 248. The van der Waals surface area contributed by atoms with Crippen molar-refractivity contribution in [2.75, 3.05) is 0 Å². The minimum Gasteiger partial charge on any atom is -0.237 e. The zero-order chi connectivity index (χ0) is 8.81. The average Bonchev–Trinajstić information content (AvgIpc) is 2.53. The van der Waals surface area contributed by atoms with Crippen LogP contribution in [0.4, 0.5) is 0 Å². The van der Waals surface area contributed by atoms with Gasteiger partial charge in [-0.05, 0) is 19.4 Å². The summed E-state index contributed by atoms with van der Waals surface area (Å²) in [6, 6.07) is 0. The van der Waals surface area contributed by atoms with E-state index < -0.39 is 0 Å². The molecule has 2 heteroatoms. The topological polar surface area (TPSA) is 8.81 Å². The predicted molar refractivity (Wildman–Crippen MR) is 49.7 cm³/mol. The van der Waals surface area contributed by atoms with Crippen molar-refractivity contribution in [1.29, 1.82) is 0 Å². The molecule has 0 aromatic carbocycles. The van der Waals surface area contributed by atoms with Crippen LogP contribution >= 0.6 is 0 Å². The monoisotopic (exact) mass is 165 g/mol. The summed E-state index contributed by atoms with van der Waals surface area (Å²) in [6.45, 7) is 6.33. The van der Waals surface area contributed by atoms with Crippen molar-refractivity contribution in [3.8, 4) is 0 Å². The predicted octanol–water partition coefficient (Wildman–Crippen LogP) is 1.76. The summed E-state index contributed by atoms with van der Waals surface area (Å²) in [5, 5.41) is 0. The number of nitrogens with zero attached hydrogens (tertiary/aromatic N) is 2. The highest BCUT2D eigenvalue weighted by atomic mass is 15.1. The van der Waals surface area contributed by atoms with Crippen LogP contribution in [0, 0.1) is 0 Å². The minimum atomic E-state index is 0.987. The number of rotatable bonds is 4. The van der Waals surface area contributed by atoms with Crippen molar-refractivity contribution in [2.24, 2.45) is 0 Å². The third kappa shape index (κ3) is 2.53. The van der Waals surface area contributed by atoms with Gasteiger partial charge in [-0.25, -0.2) is 9.13 Å². The number of allylic oxidation sites excluding steroid dienone is 2. The first-order valence-corrected chi connectivity index (χ1v) is 4.56. The Morgan fingerprint density at radius 1 is 1.33 bits per heavy atom. The molecule has 0 aliphatic heterocycles. The van der Waals surface area contributed by atoms with E-state index in [4.69, 9.17) is 0 Å². The summed E-state index contributed by atoms with van der Waals surface area (Å²) in [6.07, 6.45) is 11.8. The van der Waals surface area contributed by atoms with Gasteiger partial charge in [0, 0.05) is 0 Å². The first kappa shape index (κ1) is 9.04. The molecule has 0 aliphatic rings. The highest BCUT2D eigenvalue weighted by molar-refractivity contribution is 4.76. The number of imidazole rings is 1. The van der Waals surface area contributed by atoms with Gasteiger partial charge < -0.3 is 0 Å². The van der Waals surface area contributed by atoms with Crippen molar-refractivity contribution < 1.29 is 4.57 Å². The molecule has 0 saturated carbocycles. The van der Waals surface area contributed by atoms with Crippen LogP contribution < -0.4 is 4.57 Å². The SMILES string of the molecule is CC/C=C/C[n+]1ccn(CC)c1. The molecule has 0 saturated heterocycles. The van der Waals surface area contributed by atoms with Crippen LogP contribution in [0.1, 0.15) is 20.3 Å². The molecule has 0 unspecified atom stereocenters. The molecule has 1 rings (SSSR count). The first-order chi connectivity index (χ1) is 5.86. The highest BCUT2D eigenvalue weighted by Crippen LogP contribution is 1.84. The number of aromatic nitrogens is 2. The summed E-state index contributed by atoms with van der Waals surface area (Å²) >= 11 is 0. The lowest BCUT2D eigenvalue weighted by Crippen LogP contribution is -2.29. The quantitative estimate of drug-likeness (QED) is 0.475. The van der Waals surface area contributed by atoms with Crippen LogP contribution in [0.15, 0.2) is 30.9 Å². The van der Waals surface area contributed by atoms with Gasteiger partial charge in [0.2, 0.25) is 6.33 Å². The molecule has 1 aromatic heterocycles. The third-order valence-electron chi connectivity index (χ3n) is 1.83. The summed E-state index contributed by atoms with van der Waals surface area (Å²) in [5.41, 5.74) is 0. The maximum atomic E-state index is 2.19. The largest absolute Gasteiger partial charge is 0.244 e. The number of aryl methyl sites for hydroxylation is 1. The van der Waals surface area contributed by atoms with E-state index in [0.717, 1.165) is 19.5 Å². The highest BCUT2D eigenvalue weighted by Gasteiger charge is 1.97. The van der Waals surface area contributed by atoms with E-state index in [0.29, 0.717) is 0 Å². The maximum Gasteiger partial charge on any atom is 0.244 e. The second-order valence-electron chi connectivity index (χ2n) is 2.82. The lowest BCUT2D eigenvalue weighted by Gasteiger charge is -1.87. The average molecular weight is 165 g/mol. The van der Waals surface area contributed by atoms with E-state index >= 15 is 0 Å². The molecule has 0 fully saturated rings. The number of hydrogen-bond acceptors (Lipinski definition) is 0. The van der Waals surface area contributed by atoms with E-state index in [1.165, 1.54) is 0 Å². The Kier molecular flexibility index (Phi) is 3.58. The summed E-state index contributed by atoms with van der Waals surface area (Å²) in [4.78, 5) is 0. The Hall–Kier alpha value is -1.05. The standard InChI is InChI=1S/C10H17N2/c1-3-5-6-7-12-9-8-11(4-2)10-12/h5-6,8-10H,3-4,7H2,1-2H3/q+1/b6-5+. The van der Waals surface area contributed by atoms with Crippen LogP contribution in [0.2, 0.25) is 0 Å². The van der Waals surface area contributed by atoms with Gasteiger partial charge in [-0.1, -0.05) is 13.0 Å².